The van der Waals surface area contributed by atoms with Gasteiger partial charge in [-0.05, 0) is 37.6 Å². The van der Waals surface area contributed by atoms with Crippen molar-refractivity contribution < 1.29 is 8.83 Å². The SMILES string of the molecule is CCC(C)NC(=NCCc1ccco1)N(C)Cc1ccco1. The van der Waals surface area contributed by atoms with Gasteiger partial charge in [-0.1, -0.05) is 6.92 Å². The van der Waals surface area contributed by atoms with Crippen molar-refractivity contribution in [3.63, 3.8) is 0 Å². The van der Waals surface area contributed by atoms with Crippen molar-refractivity contribution in [1.29, 1.82) is 0 Å². The lowest BCUT2D eigenvalue weighted by molar-refractivity contribution is 0.393. The standard InChI is InChI=1S/C17H25N3O2/c1-4-14(2)19-17(18-10-9-15-7-5-11-21-15)20(3)13-16-8-6-12-22-16/h5-8,11-12,14H,4,9-10,13H2,1-3H3,(H,18,19). The molecule has 120 valence electrons. The molecule has 0 radical (unpaired) electrons. The fourth-order valence-corrected chi connectivity index (χ4v) is 2.04. The van der Waals surface area contributed by atoms with E-state index in [1.807, 2.05) is 31.3 Å². The Labute approximate surface area is 132 Å². The maximum atomic E-state index is 5.41. The van der Waals surface area contributed by atoms with Gasteiger partial charge < -0.3 is 19.1 Å². The van der Waals surface area contributed by atoms with Gasteiger partial charge in [-0.3, -0.25) is 4.99 Å². The van der Waals surface area contributed by atoms with Gasteiger partial charge in [0.2, 0.25) is 0 Å². The average molecular weight is 303 g/mol. The first kappa shape index (κ1) is 16.2. The minimum atomic E-state index is 0.376. The van der Waals surface area contributed by atoms with Crippen molar-refractivity contribution in [3.8, 4) is 0 Å². The van der Waals surface area contributed by atoms with Crippen molar-refractivity contribution in [1.82, 2.24) is 10.2 Å². The van der Waals surface area contributed by atoms with Crippen LogP contribution < -0.4 is 5.32 Å². The third-order valence-electron chi connectivity index (χ3n) is 3.52. The summed E-state index contributed by atoms with van der Waals surface area (Å²) in [5.41, 5.74) is 0. The highest BCUT2D eigenvalue weighted by atomic mass is 16.3. The molecule has 0 amide bonds. The van der Waals surface area contributed by atoms with E-state index >= 15 is 0 Å². The van der Waals surface area contributed by atoms with E-state index in [1.54, 1.807) is 12.5 Å². The third-order valence-corrected chi connectivity index (χ3v) is 3.52. The molecular formula is C17H25N3O2. The number of guanidine groups is 1. The minimum Gasteiger partial charge on any atom is -0.469 e. The zero-order chi connectivity index (χ0) is 15.8. The predicted molar refractivity (Wildman–Crippen MR) is 87.8 cm³/mol. The summed E-state index contributed by atoms with van der Waals surface area (Å²) in [6.45, 7) is 5.69. The Bertz CT molecular complexity index is 546. The second kappa shape index (κ2) is 8.32. The Kier molecular flexibility index (Phi) is 6.13. The molecule has 0 aliphatic rings. The van der Waals surface area contributed by atoms with E-state index in [9.17, 15) is 0 Å². The number of hydrogen-bond acceptors (Lipinski definition) is 3. The van der Waals surface area contributed by atoms with Gasteiger partial charge >= 0.3 is 0 Å². The molecule has 2 rings (SSSR count). The van der Waals surface area contributed by atoms with Crippen LogP contribution in [0.4, 0.5) is 0 Å². The Balaban J connectivity index is 1.97. The van der Waals surface area contributed by atoms with Gasteiger partial charge in [-0.25, -0.2) is 0 Å². The van der Waals surface area contributed by atoms with Gasteiger partial charge in [0.25, 0.3) is 0 Å². The van der Waals surface area contributed by atoms with Gasteiger partial charge in [0, 0.05) is 26.1 Å². The summed E-state index contributed by atoms with van der Waals surface area (Å²) in [7, 11) is 2.02. The normalized spacial score (nSPS) is 13.1. The number of rotatable bonds is 7. The molecule has 0 bridgehead atoms. The van der Waals surface area contributed by atoms with Crippen LogP contribution in [0.1, 0.15) is 31.8 Å². The molecular weight excluding hydrogens is 278 g/mol. The molecule has 0 fully saturated rings. The monoisotopic (exact) mass is 303 g/mol. The number of furan rings is 2. The summed E-state index contributed by atoms with van der Waals surface area (Å²) in [6, 6.07) is 8.13. The molecule has 1 N–H and O–H groups in total. The molecule has 0 aromatic carbocycles. The Morgan fingerprint density at radius 1 is 1.23 bits per heavy atom. The highest BCUT2D eigenvalue weighted by Gasteiger charge is 2.11. The van der Waals surface area contributed by atoms with Crippen LogP contribution in [0.5, 0.6) is 0 Å². The predicted octanol–water partition coefficient (Wildman–Crippen LogP) is 3.29. The summed E-state index contributed by atoms with van der Waals surface area (Å²) in [5.74, 6) is 2.77. The fourth-order valence-electron chi connectivity index (χ4n) is 2.04. The summed E-state index contributed by atoms with van der Waals surface area (Å²) >= 11 is 0. The molecule has 2 heterocycles. The first-order valence-corrected chi connectivity index (χ1v) is 7.76. The summed E-state index contributed by atoms with van der Waals surface area (Å²) in [4.78, 5) is 6.77. The van der Waals surface area contributed by atoms with Gasteiger partial charge in [-0.15, -0.1) is 0 Å². The molecule has 2 aromatic heterocycles. The second-order valence-corrected chi connectivity index (χ2v) is 5.42. The van der Waals surface area contributed by atoms with Crippen LogP contribution in [0.25, 0.3) is 0 Å². The van der Waals surface area contributed by atoms with E-state index in [0.717, 1.165) is 30.3 Å². The summed E-state index contributed by atoms with van der Waals surface area (Å²) in [6.07, 6.45) is 5.23. The molecule has 0 saturated carbocycles. The number of aliphatic imine (C=N–C) groups is 1. The van der Waals surface area contributed by atoms with E-state index in [2.05, 4.69) is 24.1 Å². The highest BCUT2D eigenvalue weighted by molar-refractivity contribution is 5.80. The lowest BCUT2D eigenvalue weighted by Gasteiger charge is -2.24. The van der Waals surface area contributed by atoms with E-state index in [1.165, 1.54) is 0 Å². The molecule has 0 aliphatic carbocycles. The minimum absolute atomic E-state index is 0.376. The lowest BCUT2D eigenvalue weighted by Crippen LogP contribution is -2.43. The van der Waals surface area contributed by atoms with Crippen LogP contribution in [0.15, 0.2) is 50.6 Å². The van der Waals surface area contributed by atoms with Crippen LogP contribution in [-0.4, -0.2) is 30.5 Å². The Hall–Kier alpha value is -2.17. The van der Waals surface area contributed by atoms with Crippen molar-refractivity contribution in [2.24, 2.45) is 4.99 Å². The first-order valence-electron chi connectivity index (χ1n) is 7.76. The van der Waals surface area contributed by atoms with Gasteiger partial charge in [0.1, 0.15) is 11.5 Å². The maximum absolute atomic E-state index is 5.41. The van der Waals surface area contributed by atoms with Gasteiger partial charge in [0.15, 0.2) is 5.96 Å². The highest BCUT2D eigenvalue weighted by Crippen LogP contribution is 2.06. The topological polar surface area (TPSA) is 53.9 Å². The van der Waals surface area contributed by atoms with E-state index in [-0.39, 0.29) is 0 Å². The zero-order valence-corrected chi connectivity index (χ0v) is 13.6. The largest absolute Gasteiger partial charge is 0.469 e. The quantitative estimate of drug-likeness (QED) is 0.630. The molecule has 22 heavy (non-hydrogen) atoms. The van der Waals surface area contributed by atoms with Crippen LogP contribution >= 0.6 is 0 Å². The molecule has 1 atom stereocenters. The molecule has 2 aromatic rings. The average Bonchev–Trinajstić information content (AvgIpc) is 3.19. The van der Waals surface area contributed by atoms with Gasteiger partial charge in [0.05, 0.1) is 19.1 Å². The van der Waals surface area contributed by atoms with Crippen LogP contribution in [0, 0.1) is 0 Å². The number of nitrogens with one attached hydrogen (secondary N) is 1. The van der Waals surface area contributed by atoms with Crippen molar-refractivity contribution in [2.45, 2.75) is 39.3 Å². The maximum Gasteiger partial charge on any atom is 0.194 e. The van der Waals surface area contributed by atoms with Gasteiger partial charge in [-0.2, -0.15) is 0 Å². The van der Waals surface area contributed by atoms with Crippen LogP contribution in [0.3, 0.4) is 0 Å². The number of nitrogens with zero attached hydrogens (tertiary/aromatic N) is 2. The first-order chi connectivity index (χ1) is 10.7. The summed E-state index contributed by atoms with van der Waals surface area (Å²) < 4.78 is 10.8. The van der Waals surface area contributed by atoms with Crippen molar-refractivity contribution >= 4 is 5.96 Å². The smallest absolute Gasteiger partial charge is 0.194 e. The lowest BCUT2D eigenvalue weighted by atomic mass is 10.3. The van der Waals surface area contributed by atoms with Crippen LogP contribution in [-0.2, 0) is 13.0 Å². The fraction of sp³-hybridized carbons (Fsp3) is 0.471. The molecule has 5 nitrogen and oxygen atoms in total. The molecule has 5 heteroatoms. The number of hydrogen-bond donors (Lipinski definition) is 1. The van der Waals surface area contributed by atoms with E-state index in [4.69, 9.17) is 13.8 Å². The second-order valence-electron chi connectivity index (χ2n) is 5.42. The van der Waals surface area contributed by atoms with E-state index in [0.29, 0.717) is 19.1 Å². The van der Waals surface area contributed by atoms with Crippen molar-refractivity contribution in [3.05, 3.63) is 48.3 Å². The Morgan fingerprint density at radius 3 is 2.50 bits per heavy atom. The zero-order valence-electron chi connectivity index (χ0n) is 13.6. The summed E-state index contributed by atoms with van der Waals surface area (Å²) in [5, 5.41) is 3.46. The van der Waals surface area contributed by atoms with E-state index < -0.39 is 0 Å². The Morgan fingerprint density at radius 2 is 1.91 bits per heavy atom. The molecule has 0 spiro atoms. The van der Waals surface area contributed by atoms with Crippen molar-refractivity contribution in [2.75, 3.05) is 13.6 Å². The molecule has 0 aliphatic heterocycles. The third kappa shape index (κ3) is 4.98. The molecule has 0 saturated heterocycles. The van der Waals surface area contributed by atoms with Crippen LogP contribution in [0.2, 0.25) is 0 Å². The molecule has 1 unspecified atom stereocenters.